The van der Waals surface area contributed by atoms with Crippen molar-refractivity contribution in [2.75, 3.05) is 13.1 Å². The maximum atomic E-state index is 6.40. The van der Waals surface area contributed by atoms with E-state index in [-0.39, 0.29) is 0 Å². The second kappa shape index (κ2) is 6.11. The highest BCUT2D eigenvalue weighted by atomic mass is 32.1. The molecule has 0 unspecified atom stereocenters. The Hall–Kier alpha value is -1.36. The lowest BCUT2D eigenvalue weighted by molar-refractivity contribution is -0.231. The quantitative estimate of drug-likeness (QED) is 0.758. The van der Waals surface area contributed by atoms with Crippen LogP contribution in [0.5, 0.6) is 5.75 Å². The van der Waals surface area contributed by atoms with Gasteiger partial charge in [0.1, 0.15) is 5.75 Å². The third-order valence-electron chi connectivity index (χ3n) is 6.16. The molecular weight excluding hydrogens is 330 g/mol. The summed E-state index contributed by atoms with van der Waals surface area (Å²) in [7, 11) is 0. The predicted molar refractivity (Wildman–Crippen MR) is 101 cm³/mol. The minimum Gasteiger partial charge on any atom is -0.462 e. The Morgan fingerprint density at radius 2 is 2.00 bits per heavy atom. The average Bonchev–Trinajstić information content (AvgIpc) is 3.01. The number of nitrogens with zero attached hydrogens (tertiary/aromatic N) is 1. The van der Waals surface area contributed by atoms with Gasteiger partial charge in [-0.15, -0.1) is 0 Å². The van der Waals surface area contributed by atoms with Gasteiger partial charge in [-0.05, 0) is 59.3 Å². The van der Waals surface area contributed by atoms with E-state index >= 15 is 0 Å². The Morgan fingerprint density at radius 1 is 1.16 bits per heavy atom. The first kappa shape index (κ1) is 15.9. The fourth-order valence-electron chi connectivity index (χ4n) is 4.28. The molecule has 0 bridgehead atoms. The van der Waals surface area contributed by atoms with Crippen LogP contribution in [0.3, 0.4) is 0 Å². The van der Waals surface area contributed by atoms with E-state index in [9.17, 15) is 0 Å². The zero-order valence-electron chi connectivity index (χ0n) is 14.8. The maximum absolute atomic E-state index is 6.40. The summed E-state index contributed by atoms with van der Waals surface area (Å²) in [5, 5.41) is 4.42. The summed E-state index contributed by atoms with van der Waals surface area (Å²) >= 11 is 1.76. The second-order valence-corrected chi connectivity index (χ2v) is 8.46. The largest absolute Gasteiger partial charge is 0.462 e. The van der Waals surface area contributed by atoms with Gasteiger partial charge in [0, 0.05) is 37.5 Å². The van der Waals surface area contributed by atoms with Crippen LogP contribution in [-0.4, -0.2) is 29.8 Å². The highest BCUT2D eigenvalue weighted by molar-refractivity contribution is 7.08. The zero-order valence-corrected chi connectivity index (χ0v) is 15.6. The molecule has 1 saturated carbocycles. The molecule has 132 valence electrons. The zero-order chi connectivity index (χ0) is 16.9. The number of benzene rings is 1. The molecule has 5 rings (SSSR count). The smallest absolute Gasteiger partial charge is 0.213 e. The molecule has 1 aromatic heterocycles. The monoisotopic (exact) mass is 355 g/mol. The molecule has 2 aromatic rings. The van der Waals surface area contributed by atoms with Crippen molar-refractivity contribution in [1.82, 2.24) is 4.90 Å². The first-order chi connectivity index (χ1) is 12.2. The molecule has 1 aromatic carbocycles. The Labute approximate surface area is 153 Å². The minimum atomic E-state index is -0.396. The van der Waals surface area contributed by atoms with Crippen molar-refractivity contribution < 1.29 is 9.47 Å². The first-order valence-corrected chi connectivity index (χ1v) is 10.4. The van der Waals surface area contributed by atoms with E-state index in [1.165, 1.54) is 41.5 Å². The number of fused-ring (bicyclic) bond motifs is 1. The van der Waals surface area contributed by atoms with Crippen molar-refractivity contribution in [2.24, 2.45) is 0 Å². The topological polar surface area (TPSA) is 21.7 Å². The van der Waals surface area contributed by atoms with Gasteiger partial charge in [-0.25, -0.2) is 0 Å². The summed E-state index contributed by atoms with van der Waals surface area (Å²) in [5.41, 5.74) is 5.10. The van der Waals surface area contributed by atoms with Crippen molar-refractivity contribution >= 4 is 11.3 Å². The van der Waals surface area contributed by atoms with E-state index in [0.29, 0.717) is 6.61 Å². The van der Waals surface area contributed by atoms with Crippen LogP contribution in [0.2, 0.25) is 0 Å². The van der Waals surface area contributed by atoms with Crippen molar-refractivity contribution in [2.45, 2.75) is 57.5 Å². The Balaban J connectivity index is 1.33. The van der Waals surface area contributed by atoms with E-state index in [1.807, 2.05) is 0 Å². The molecule has 1 aliphatic carbocycles. The molecule has 4 heteroatoms. The van der Waals surface area contributed by atoms with Crippen LogP contribution in [-0.2, 0) is 11.3 Å². The molecule has 25 heavy (non-hydrogen) atoms. The van der Waals surface area contributed by atoms with E-state index < -0.39 is 5.79 Å². The molecule has 1 saturated heterocycles. The van der Waals surface area contributed by atoms with E-state index in [0.717, 1.165) is 37.7 Å². The van der Waals surface area contributed by atoms with Crippen LogP contribution in [0.25, 0.3) is 11.1 Å². The predicted octanol–water partition coefficient (Wildman–Crippen LogP) is 4.98. The van der Waals surface area contributed by atoms with Crippen molar-refractivity contribution in [3.05, 3.63) is 40.1 Å². The molecule has 0 radical (unpaired) electrons. The lowest BCUT2D eigenvalue weighted by Gasteiger charge is -2.47. The molecule has 0 N–H and O–H groups in total. The Morgan fingerprint density at radius 3 is 2.68 bits per heavy atom. The van der Waals surface area contributed by atoms with Crippen LogP contribution in [0.15, 0.2) is 29.0 Å². The SMILES string of the molecule is Cc1cscc1-c1ccc2c(c1)COC1(CCN(C3CCC3)CC1)O2. The van der Waals surface area contributed by atoms with E-state index in [4.69, 9.17) is 9.47 Å². The standard InChI is InChI=1S/C21H25NO2S/c1-15-13-25-14-19(15)16-5-6-20-17(11-16)12-23-21(24-20)7-9-22(10-8-21)18-3-2-4-18/h5-6,11,13-14,18H,2-4,7-10,12H2,1H3. The number of thiophene rings is 1. The van der Waals surface area contributed by atoms with Gasteiger partial charge in [0.2, 0.25) is 5.79 Å². The van der Waals surface area contributed by atoms with E-state index in [2.05, 4.69) is 40.8 Å². The molecule has 0 amide bonds. The van der Waals surface area contributed by atoms with Gasteiger partial charge in [-0.2, -0.15) is 11.3 Å². The normalized spacial score (nSPS) is 23.1. The van der Waals surface area contributed by atoms with Crippen LogP contribution >= 0.6 is 11.3 Å². The van der Waals surface area contributed by atoms with E-state index in [1.54, 1.807) is 11.3 Å². The summed E-state index contributed by atoms with van der Waals surface area (Å²) in [4.78, 5) is 2.64. The highest BCUT2D eigenvalue weighted by Gasteiger charge is 2.42. The van der Waals surface area contributed by atoms with Gasteiger partial charge >= 0.3 is 0 Å². The number of piperidine rings is 1. The summed E-state index contributed by atoms with van der Waals surface area (Å²) in [5.74, 6) is 0.618. The summed E-state index contributed by atoms with van der Waals surface area (Å²) < 4.78 is 12.7. The highest BCUT2D eigenvalue weighted by Crippen LogP contribution is 2.41. The van der Waals surface area contributed by atoms with Gasteiger partial charge < -0.3 is 9.47 Å². The lowest BCUT2D eigenvalue weighted by Crippen LogP contribution is -2.54. The maximum Gasteiger partial charge on any atom is 0.213 e. The van der Waals surface area contributed by atoms with Crippen molar-refractivity contribution in [3.63, 3.8) is 0 Å². The number of hydrogen-bond acceptors (Lipinski definition) is 4. The molecule has 3 nitrogen and oxygen atoms in total. The Bertz CT molecular complexity index is 772. The van der Waals surface area contributed by atoms with Crippen LogP contribution in [0.4, 0.5) is 0 Å². The van der Waals surface area contributed by atoms with Crippen LogP contribution in [0.1, 0.15) is 43.2 Å². The summed E-state index contributed by atoms with van der Waals surface area (Å²) in [6, 6.07) is 7.39. The first-order valence-electron chi connectivity index (χ1n) is 9.46. The summed E-state index contributed by atoms with van der Waals surface area (Å²) in [6.45, 7) is 5.04. The lowest BCUT2D eigenvalue weighted by atomic mass is 9.89. The molecule has 0 atom stereocenters. The van der Waals surface area contributed by atoms with Gasteiger partial charge in [0.05, 0.1) is 6.61 Å². The molecular formula is C21H25NO2S. The number of rotatable bonds is 2. The number of ether oxygens (including phenoxy) is 2. The molecule has 1 spiro atoms. The van der Waals surface area contributed by atoms with Gasteiger partial charge in [-0.1, -0.05) is 12.5 Å². The summed E-state index contributed by atoms with van der Waals surface area (Å²) in [6.07, 6.45) is 6.12. The third-order valence-corrected chi connectivity index (χ3v) is 7.03. The van der Waals surface area contributed by atoms with Gasteiger partial charge in [0.25, 0.3) is 0 Å². The fraction of sp³-hybridized carbons (Fsp3) is 0.524. The Kier molecular flexibility index (Phi) is 3.88. The molecule has 3 aliphatic rings. The second-order valence-electron chi connectivity index (χ2n) is 7.71. The number of aryl methyl sites for hydroxylation is 1. The number of hydrogen-bond donors (Lipinski definition) is 0. The van der Waals surface area contributed by atoms with Crippen molar-refractivity contribution in [1.29, 1.82) is 0 Å². The van der Waals surface area contributed by atoms with Gasteiger partial charge in [0.15, 0.2) is 0 Å². The fourth-order valence-corrected chi connectivity index (χ4v) is 5.14. The van der Waals surface area contributed by atoms with Gasteiger partial charge in [-0.3, -0.25) is 4.90 Å². The third kappa shape index (κ3) is 2.80. The average molecular weight is 356 g/mol. The van der Waals surface area contributed by atoms with Crippen molar-refractivity contribution in [3.8, 4) is 16.9 Å². The van der Waals surface area contributed by atoms with Crippen LogP contribution in [0, 0.1) is 6.92 Å². The molecule has 2 fully saturated rings. The molecule has 2 aliphatic heterocycles. The van der Waals surface area contributed by atoms with Crippen LogP contribution < -0.4 is 4.74 Å². The minimum absolute atomic E-state index is 0.396. The number of likely N-dealkylation sites (tertiary alicyclic amines) is 1. The molecule has 3 heterocycles.